The summed E-state index contributed by atoms with van der Waals surface area (Å²) in [7, 11) is 0. The van der Waals surface area contributed by atoms with Gasteiger partial charge < -0.3 is 5.32 Å². The number of hydrazone groups is 1. The lowest BCUT2D eigenvalue weighted by atomic mass is 9.45. The molecule has 2 amide bonds. The number of hydrogen-bond donors (Lipinski definition) is 2. The molecule has 4 aliphatic rings. The maximum Gasteiger partial charge on any atom is 0.335 e. The molecule has 2 aromatic carbocycles. The van der Waals surface area contributed by atoms with E-state index in [-0.39, 0.29) is 22.7 Å². The van der Waals surface area contributed by atoms with Gasteiger partial charge in [-0.3, -0.25) is 10.1 Å². The van der Waals surface area contributed by atoms with E-state index in [0.29, 0.717) is 17.4 Å². The monoisotopic (exact) mass is 432 g/mol. The SMILES string of the molecule is Cc1ccc(C23C[C@H]4C[C@@H](CC(NC(=O)N/N=C\c5ccccc5[N+](=O)[O-])(C4)C2)C3)cc1. The Kier molecular flexibility index (Phi) is 4.99. The molecule has 0 saturated heterocycles. The smallest absolute Gasteiger partial charge is 0.331 e. The molecule has 6 rings (SSSR count). The van der Waals surface area contributed by atoms with Gasteiger partial charge in [-0.15, -0.1) is 0 Å². The van der Waals surface area contributed by atoms with Crippen molar-refractivity contribution >= 4 is 17.9 Å². The van der Waals surface area contributed by atoms with Crippen LogP contribution in [0.15, 0.2) is 53.6 Å². The summed E-state index contributed by atoms with van der Waals surface area (Å²) in [6.07, 6.45) is 7.97. The van der Waals surface area contributed by atoms with Crippen molar-refractivity contribution in [2.75, 3.05) is 0 Å². The first-order valence-electron chi connectivity index (χ1n) is 11.3. The van der Waals surface area contributed by atoms with E-state index in [2.05, 4.69) is 47.0 Å². The number of para-hydroxylation sites is 1. The van der Waals surface area contributed by atoms with E-state index in [9.17, 15) is 14.9 Å². The van der Waals surface area contributed by atoms with Crippen LogP contribution in [0, 0.1) is 28.9 Å². The average molecular weight is 433 g/mol. The fourth-order valence-corrected chi connectivity index (χ4v) is 6.85. The summed E-state index contributed by atoms with van der Waals surface area (Å²) >= 11 is 0. The Bertz CT molecular complexity index is 1060. The van der Waals surface area contributed by atoms with Crippen molar-refractivity contribution in [3.8, 4) is 0 Å². The Morgan fingerprint density at radius 1 is 1.09 bits per heavy atom. The van der Waals surface area contributed by atoms with Crippen LogP contribution in [0.1, 0.15) is 55.2 Å². The van der Waals surface area contributed by atoms with Crippen LogP contribution in [0.5, 0.6) is 0 Å². The maximum absolute atomic E-state index is 12.8. The first-order chi connectivity index (χ1) is 15.4. The molecule has 0 spiro atoms. The summed E-state index contributed by atoms with van der Waals surface area (Å²) in [6, 6.07) is 14.9. The third kappa shape index (κ3) is 3.76. The summed E-state index contributed by atoms with van der Waals surface area (Å²) < 4.78 is 0. The zero-order valence-electron chi connectivity index (χ0n) is 18.2. The van der Waals surface area contributed by atoms with Crippen LogP contribution >= 0.6 is 0 Å². The van der Waals surface area contributed by atoms with Crippen molar-refractivity contribution in [2.45, 2.75) is 56.4 Å². The van der Waals surface area contributed by atoms with Crippen LogP contribution < -0.4 is 10.7 Å². The number of nitro groups is 1. The summed E-state index contributed by atoms with van der Waals surface area (Å²) in [5.74, 6) is 1.27. The number of carbonyl (C=O) groups excluding carboxylic acids is 1. The molecule has 0 radical (unpaired) electrons. The molecule has 4 aliphatic carbocycles. The predicted octanol–water partition coefficient (Wildman–Crippen LogP) is 4.83. The highest BCUT2D eigenvalue weighted by Gasteiger charge is 2.58. The second-order valence-electron chi connectivity index (χ2n) is 10.0. The molecule has 4 fully saturated rings. The van der Waals surface area contributed by atoms with Gasteiger partial charge in [0.05, 0.1) is 16.7 Å². The molecule has 4 bridgehead atoms. The molecule has 0 aromatic heterocycles. The van der Waals surface area contributed by atoms with E-state index in [1.807, 2.05) is 0 Å². The van der Waals surface area contributed by atoms with Gasteiger partial charge in [-0.1, -0.05) is 42.0 Å². The molecule has 0 heterocycles. The number of urea groups is 1. The van der Waals surface area contributed by atoms with E-state index in [4.69, 9.17) is 0 Å². The van der Waals surface area contributed by atoms with Gasteiger partial charge in [0, 0.05) is 11.6 Å². The highest BCUT2D eigenvalue weighted by Crippen LogP contribution is 2.62. The van der Waals surface area contributed by atoms with Gasteiger partial charge in [-0.2, -0.15) is 5.10 Å². The molecule has 2 atom stereocenters. The highest BCUT2D eigenvalue weighted by atomic mass is 16.6. The number of amides is 2. The summed E-state index contributed by atoms with van der Waals surface area (Å²) in [5.41, 5.74) is 5.43. The Balaban J connectivity index is 1.30. The largest absolute Gasteiger partial charge is 0.335 e. The third-order valence-electron chi connectivity index (χ3n) is 7.61. The van der Waals surface area contributed by atoms with Crippen molar-refractivity contribution in [2.24, 2.45) is 16.9 Å². The molecular formula is C25H28N4O3. The van der Waals surface area contributed by atoms with Gasteiger partial charge in [0.25, 0.3) is 5.69 Å². The van der Waals surface area contributed by atoms with Crippen LogP contribution in [0.2, 0.25) is 0 Å². The van der Waals surface area contributed by atoms with E-state index >= 15 is 0 Å². The lowest BCUT2D eigenvalue weighted by Gasteiger charge is -2.62. The number of rotatable bonds is 5. The van der Waals surface area contributed by atoms with Gasteiger partial charge >= 0.3 is 6.03 Å². The minimum atomic E-state index is -0.457. The van der Waals surface area contributed by atoms with Crippen LogP contribution in [-0.2, 0) is 5.41 Å². The molecule has 7 nitrogen and oxygen atoms in total. The molecule has 0 unspecified atom stereocenters. The van der Waals surface area contributed by atoms with E-state index in [1.165, 1.54) is 42.7 Å². The number of hydrogen-bond acceptors (Lipinski definition) is 4. The Labute approximate surface area is 187 Å². The fourth-order valence-electron chi connectivity index (χ4n) is 6.85. The molecule has 166 valence electrons. The summed E-state index contributed by atoms with van der Waals surface area (Å²) in [6.45, 7) is 2.11. The lowest BCUT2D eigenvalue weighted by molar-refractivity contribution is -0.385. The van der Waals surface area contributed by atoms with Crippen LogP contribution in [0.4, 0.5) is 10.5 Å². The lowest BCUT2D eigenvalue weighted by Crippen LogP contribution is -2.65. The first-order valence-corrected chi connectivity index (χ1v) is 11.3. The number of benzene rings is 2. The molecule has 32 heavy (non-hydrogen) atoms. The number of nitrogens with zero attached hydrogens (tertiary/aromatic N) is 2. The second-order valence-corrected chi connectivity index (χ2v) is 10.0. The zero-order valence-corrected chi connectivity index (χ0v) is 18.2. The quantitative estimate of drug-likeness (QED) is 0.402. The topological polar surface area (TPSA) is 96.6 Å². The third-order valence-corrected chi connectivity index (χ3v) is 7.61. The van der Waals surface area contributed by atoms with Crippen molar-refractivity contribution in [1.29, 1.82) is 0 Å². The van der Waals surface area contributed by atoms with Crippen molar-refractivity contribution < 1.29 is 9.72 Å². The van der Waals surface area contributed by atoms with Crippen LogP contribution in [0.25, 0.3) is 0 Å². The Morgan fingerprint density at radius 3 is 2.47 bits per heavy atom. The number of nitro benzene ring substituents is 1. The van der Waals surface area contributed by atoms with Gasteiger partial charge in [-0.05, 0) is 74.3 Å². The molecule has 2 N–H and O–H groups in total. The Hall–Kier alpha value is -3.22. The van der Waals surface area contributed by atoms with E-state index in [0.717, 1.165) is 19.3 Å². The standard InChI is InChI=1S/C25H28N4O3/c1-17-6-8-21(9-7-17)24-11-18-10-19(12-24)14-25(13-18,16-24)27-23(30)28-26-15-20-4-2-3-5-22(20)29(31)32/h2-9,15,18-19H,10-14,16H2,1H3,(H2,27,28,30)/b26-15-/t18-,19-,24?,25?/m1/s1. The van der Waals surface area contributed by atoms with Gasteiger partial charge in [0.1, 0.15) is 0 Å². The number of carbonyl (C=O) groups is 1. The van der Waals surface area contributed by atoms with Crippen LogP contribution in [0.3, 0.4) is 0 Å². The minimum absolute atomic E-state index is 0.0421. The van der Waals surface area contributed by atoms with E-state index < -0.39 is 4.92 Å². The Morgan fingerprint density at radius 2 is 1.78 bits per heavy atom. The summed E-state index contributed by atoms with van der Waals surface area (Å²) in [5, 5.41) is 18.4. The maximum atomic E-state index is 12.8. The highest BCUT2D eigenvalue weighted by molar-refractivity contribution is 5.86. The molecular weight excluding hydrogens is 404 g/mol. The molecule has 4 saturated carbocycles. The van der Waals surface area contributed by atoms with Gasteiger partial charge in [0.2, 0.25) is 0 Å². The first kappa shape index (κ1) is 20.7. The van der Waals surface area contributed by atoms with Crippen molar-refractivity contribution in [3.05, 3.63) is 75.3 Å². The molecule has 0 aliphatic heterocycles. The van der Waals surface area contributed by atoms with Crippen LogP contribution in [-0.4, -0.2) is 22.7 Å². The normalized spacial score (nSPS) is 30.4. The van der Waals surface area contributed by atoms with Crippen molar-refractivity contribution in [1.82, 2.24) is 10.7 Å². The van der Waals surface area contributed by atoms with Gasteiger partial charge in [0.15, 0.2) is 0 Å². The number of aryl methyl sites for hydroxylation is 1. The minimum Gasteiger partial charge on any atom is -0.331 e. The fraction of sp³-hybridized carbons (Fsp3) is 0.440. The van der Waals surface area contributed by atoms with E-state index in [1.54, 1.807) is 18.2 Å². The zero-order chi connectivity index (χ0) is 22.3. The molecule has 7 heteroatoms. The second kappa shape index (κ2) is 7.73. The van der Waals surface area contributed by atoms with Gasteiger partial charge in [-0.25, -0.2) is 10.2 Å². The predicted molar refractivity (Wildman–Crippen MR) is 123 cm³/mol. The van der Waals surface area contributed by atoms with Crippen molar-refractivity contribution in [3.63, 3.8) is 0 Å². The average Bonchev–Trinajstić information content (AvgIpc) is 2.73. The molecule has 2 aromatic rings. The number of nitrogens with one attached hydrogen (secondary N) is 2. The summed E-state index contributed by atoms with van der Waals surface area (Å²) in [4.78, 5) is 23.4.